The first-order chi connectivity index (χ1) is 9.06. The fourth-order valence-electron chi connectivity index (χ4n) is 2.14. The van der Waals surface area contributed by atoms with E-state index in [0.717, 1.165) is 6.42 Å². The Morgan fingerprint density at radius 1 is 1.37 bits per heavy atom. The fraction of sp³-hybridized carbons (Fsp3) is 0.917. The smallest absolute Gasteiger partial charge is 0.311 e. The van der Waals surface area contributed by atoms with Crippen molar-refractivity contribution in [2.45, 2.75) is 45.1 Å². The Bertz CT molecular complexity index is 275. The quantitative estimate of drug-likeness (QED) is 0.497. The van der Waals surface area contributed by atoms with E-state index in [1.54, 1.807) is 0 Å². The zero-order valence-electron chi connectivity index (χ0n) is 11.5. The molecule has 0 aliphatic heterocycles. The Hall–Kier alpha value is -0.760. The summed E-state index contributed by atoms with van der Waals surface area (Å²) in [5.41, 5.74) is 0. The van der Waals surface area contributed by atoms with Gasteiger partial charge in [-0.1, -0.05) is 0 Å². The molecule has 4 atom stereocenters. The number of methoxy groups -OCH3 is 2. The maximum absolute atomic E-state index is 13.1. The zero-order valence-corrected chi connectivity index (χ0v) is 11.5. The van der Waals surface area contributed by atoms with E-state index >= 15 is 0 Å². The first-order valence-electron chi connectivity index (χ1n) is 6.17. The highest BCUT2D eigenvalue weighted by molar-refractivity contribution is 5.66. The Kier molecular flexibility index (Phi) is 7.22. The van der Waals surface area contributed by atoms with Gasteiger partial charge in [0, 0.05) is 27.1 Å². The molecular formula is C12H21FO6. The van der Waals surface area contributed by atoms with Gasteiger partial charge >= 0.3 is 12.5 Å². The molecule has 1 saturated carbocycles. The first kappa shape index (κ1) is 16.3. The van der Waals surface area contributed by atoms with Crippen molar-refractivity contribution in [3.63, 3.8) is 0 Å². The average Bonchev–Trinajstić information content (AvgIpc) is 2.81. The lowest BCUT2D eigenvalue weighted by molar-refractivity contribution is -0.311. The van der Waals surface area contributed by atoms with Gasteiger partial charge in [0.2, 0.25) is 0 Å². The molecule has 0 spiro atoms. The van der Waals surface area contributed by atoms with E-state index in [-0.39, 0.29) is 24.8 Å². The van der Waals surface area contributed by atoms with Crippen LogP contribution in [-0.4, -0.2) is 45.9 Å². The number of alkyl halides is 1. The molecule has 0 aromatic carbocycles. The van der Waals surface area contributed by atoms with E-state index in [4.69, 9.17) is 18.9 Å². The van der Waals surface area contributed by atoms with Crippen LogP contribution >= 0.6 is 0 Å². The molecule has 0 aromatic rings. The van der Waals surface area contributed by atoms with Gasteiger partial charge in [-0.05, 0) is 19.3 Å². The Morgan fingerprint density at radius 2 is 2.11 bits per heavy atom. The lowest BCUT2D eigenvalue weighted by Gasteiger charge is -2.24. The Balaban J connectivity index is 2.48. The number of ether oxygens (including phenoxy) is 5. The van der Waals surface area contributed by atoms with Crippen LogP contribution in [0.5, 0.6) is 0 Å². The summed E-state index contributed by atoms with van der Waals surface area (Å²) >= 11 is 0. The minimum absolute atomic E-state index is 0.00413. The minimum Gasteiger partial charge on any atom is -0.463 e. The number of esters is 1. The first-order valence-corrected chi connectivity index (χ1v) is 6.17. The molecule has 0 N–H and O–H groups in total. The van der Waals surface area contributed by atoms with Crippen molar-refractivity contribution in [2.24, 2.45) is 5.92 Å². The van der Waals surface area contributed by atoms with Gasteiger partial charge in [-0.3, -0.25) is 9.53 Å². The number of carbonyl (C=O) groups excluding carboxylic acids is 1. The Morgan fingerprint density at radius 3 is 2.68 bits per heavy atom. The van der Waals surface area contributed by atoms with Gasteiger partial charge in [-0.2, -0.15) is 4.39 Å². The summed E-state index contributed by atoms with van der Waals surface area (Å²) in [4.78, 5) is 10.9. The topological polar surface area (TPSA) is 63.2 Å². The van der Waals surface area contributed by atoms with Crippen LogP contribution in [0.2, 0.25) is 0 Å². The van der Waals surface area contributed by atoms with E-state index < -0.39 is 12.8 Å². The van der Waals surface area contributed by atoms with Crippen molar-refractivity contribution in [3.05, 3.63) is 0 Å². The molecular weight excluding hydrogens is 259 g/mol. The maximum atomic E-state index is 13.1. The predicted molar refractivity (Wildman–Crippen MR) is 62.6 cm³/mol. The van der Waals surface area contributed by atoms with E-state index in [1.807, 2.05) is 0 Å². The summed E-state index contributed by atoms with van der Waals surface area (Å²) in [5, 5.41) is 0. The summed E-state index contributed by atoms with van der Waals surface area (Å²) in [6.07, 6.45) is 1.06. The van der Waals surface area contributed by atoms with E-state index in [2.05, 4.69) is 4.74 Å². The lowest BCUT2D eigenvalue weighted by Crippen LogP contribution is -2.31. The lowest BCUT2D eigenvalue weighted by atomic mass is 10.1. The minimum atomic E-state index is -1.85. The van der Waals surface area contributed by atoms with Crippen molar-refractivity contribution in [2.75, 3.05) is 21.0 Å². The number of halogens is 1. The Labute approximate surface area is 112 Å². The van der Waals surface area contributed by atoms with Gasteiger partial charge in [-0.15, -0.1) is 0 Å². The van der Waals surface area contributed by atoms with Crippen molar-refractivity contribution in [1.82, 2.24) is 0 Å². The molecule has 1 aliphatic carbocycles. The van der Waals surface area contributed by atoms with E-state index in [1.165, 1.54) is 21.1 Å². The molecule has 7 heteroatoms. The van der Waals surface area contributed by atoms with Crippen LogP contribution in [0, 0.1) is 5.92 Å². The van der Waals surface area contributed by atoms with Crippen molar-refractivity contribution < 1.29 is 32.9 Å². The molecule has 0 heterocycles. The summed E-state index contributed by atoms with van der Waals surface area (Å²) in [5.74, 6) is -0.380. The van der Waals surface area contributed by atoms with Gasteiger partial charge in [0.05, 0.1) is 0 Å². The molecule has 0 saturated heterocycles. The van der Waals surface area contributed by atoms with Gasteiger partial charge in [0.15, 0.2) is 6.29 Å². The van der Waals surface area contributed by atoms with Crippen LogP contribution < -0.4 is 0 Å². The molecule has 4 unspecified atom stereocenters. The highest BCUT2D eigenvalue weighted by Crippen LogP contribution is 2.33. The molecule has 0 bridgehead atoms. The highest BCUT2D eigenvalue weighted by atomic mass is 19.2. The van der Waals surface area contributed by atoms with Gasteiger partial charge in [0.25, 0.3) is 0 Å². The van der Waals surface area contributed by atoms with Crippen LogP contribution in [-0.2, 0) is 28.5 Å². The van der Waals surface area contributed by atoms with Crippen LogP contribution in [0.1, 0.15) is 26.2 Å². The zero-order chi connectivity index (χ0) is 14.3. The van der Waals surface area contributed by atoms with Gasteiger partial charge < -0.3 is 18.9 Å². The molecule has 1 rings (SSSR count). The summed E-state index contributed by atoms with van der Waals surface area (Å²) in [7, 11) is 2.67. The van der Waals surface area contributed by atoms with E-state index in [0.29, 0.717) is 12.8 Å². The standard InChI is InChI=1S/C12H21FO6/c1-8(14)18-10-5-4-9(6-10)11(17-7-15-2)19-12(13)16-3/h9-12H,4-7H2,1-3H3. The molecule has 112 valence electrons. The van der Waals surface area contributed by atoms with Crippen LogP contribution in [0.3, 0.4) is 0 Å². The van der Waals surface area contributed by atoms with E-state index in [9.17, 15) is 9.18 Å². The monoisotopic (exact) mass is 280 g/mol. The largest absolute Gasteiger partial charge is 0.463 e. The van der Waals surface area contributed by atoms with Gasteiger partial charge in [0.1, 0.15) is 12.9 Å². The molecule has 1 aliphatic rings. The molecule has 19 heavy (non-hydrogen) atoms. The van der Waals surface area contributed by atoms with Crippen LogP contribution in [0.25, 0.3) is 0 Å². The molecule has 6 nitrogen and oxygen atoms in total. The van der Waals surface area contributed by atoms with Crippen molar-refractivity contribution in [3.8, 4) is 0 Å². The third-order valence-corrected chi connectivity index (χ3v) is 2.92. The van der Waals surface area contributed by atoms with Crippen LogP contribution in [0.15, 0.2) is 0 Å². The molecule has 0 radical (unpaired) electrons. The SMILES string of the molecule is COCOC(OC(F)OC)C1CCC(OC(C)=O)C1. The maximum Gasteiger partial charge on any atom is 0.311 e. The molecule has 1 fully saturated rings. The van der Waals surface area contributed by atoms with Gasteiger partial charge in [-0.25, -0.2) is 0 Å². The molecule has 0 amide bonds. The van der Waals surface area contributed by atoms with Crippen LogP contribution in [0.4, 0.5) is 4.39 Å². The predicted octanol–water partition coefficient (Wildman–Crippen LogP) is 1.58. The molecule has 0 aromatic heterocycles. The normalized spacial score (nSPS) is 26.1. The van der Waals surface area contributed by atoms with Crippen molar-refractivity contribution >= 4 is 5.97 Å². The number of hydrogen-bond donors (Lipinski definition) is 0. The number of hydrogen-bond acceptors (Lipinski definition) is 6. The summed E-state index contributed by atoms with van der Waals surface area (Å²) in [6.45, 7) is -0.490. The van der Waals surface area contributed by atoms with Crippen molar-refractivity contribution in [1.29, 1.82) is 0 Å². The second-order valence-electron chi connectivity index (χ2n) is 4.39. The second kappa shape index (κ2) is 8.42. The second-order valence-corrected chi connectivity index (χ2v) is 4.39. The number of carbonyl (C=O) groups is 1. The number of rotatable bonds is 8. The highest BCUT2D eigenvalue weighted by Gasteiger charge is 2.35. The summed E-state index contributed by atoms with van der Waals surface area (Å²) < 4.78 is 37.7. The fourth-order valence-corrected chi connectivity index (χ4v) is 2.14. The third kappa shape index (κ3) is 5.82. The summed E-state index contributed by atoms with van der Waals surface area (Å²) in [6, 6.07) is 0. The average molecular weight is 280 g/mol. The third-order valence-electron chi connectivity index (χ3n) is 2.92.